The molecule has 1 saturated carbocycles. The highest BCUT2D eigenvalue weighted by Gasteiger charge is 2.25. The number of hydrogen-bond acceptors (Lipinski definition) is 3. The third-order valence-corrected chi connectivity index (χ3v) is 3.80. The highest BCUT2D eigenvalue weighted by molar-refractivity contribution is 5.81. The summed E-state index contributed by atoms with van der Waals surface area (Å²) >= 11 is 0. The maximum atomic E-state index is 12.8. The van der Waals surface area contributed by atoms with Crippen LogP contribution in [0.15, 0.2) is 24.3 Å². The average Bonchev–Trinajstić information content (AvgIpc) is 2.66. The van der Waals surface area contributed by atoms with Crippen LogP contribution < -0.4 is 10.1 Å². The van der Waals surface area contributed by atoms with E-state index >= 15 is 0 Å². The predicted molar refractivity (Wildman–Crippen MR) is 77.5 cm³/mol. The number of carbonyl (C=O) groups excluding carboxylic acids is 1. The summed E-state index contributed by atoms with van der Waals surface area (Å²) in [5, 5.41) is 12.9. The molecule has 0 radical (unpaired) electrons. The van der Waals surface area contributed by atoms with Crippen molar-refractivity contribution in [3.63, 3.8) is 0 Å². The summed E-state index contributed by atoms with van der Waals surface area (Å²) in [6.07, 6.45) is 3.42. The first kappa shape index (κ1) is 15.8. The predicted octanol–water partition coefficient (Wildman–Crippen LogP) is 2.40. The number of amides is 1. The second kappa shape index (κ2) is 7.41. The number of halogens is 1. The highest BCUT2D eigenvalue weighted by Crippen LogP contribution is 2.18. The van der Waals surface area contributed by atoms with Gasteiger partial charge >= 0.3 is 0 Å². The summed E-state index contributed by atoms with van der Waals surface area (Å²) in [5.74, 6) is -0.160. The van der Waals surface area contributed by atoms with Crippen molar-refractivity contribution < 1.29 is 19.0 Å². The van der Waals surface area contributed by atoms with Gasteiger partial charge in [-0.25, -0.2) is 4.39 Å². The molecule has 3 atom stereocenters. The van der Waals surface area contributed by atoms with Crippen molar-refractivity contribution in [2.24, 2.45) is 0 Å². The fourth-order valence-electron chi connectivity index (χ4n) is 2.53. The number of aliphatic hydroxyl groups is 1. The van der Waals surface area contributed by atoms with Gasteiger partial charge in [-0.3, -0.25) is 4.79 Å². The molecule has 3 unspecified atom stereocenters. The lowest BCUT2D eigenvalue weighted by molar-refractivity contribution is -0.128. The van der Waals surface area contributed by atoms with Gasteiger partial charge in [0.25, 0.3) is 5.91 Å². The zero-order chi connectivity index (χ0) is 15.2. The number of carbonyl (C=O) groups is 1. The standard InChI is InChI=1S/C16H22FNO3/c1-11(21-13-9-7-12(17)8-10-13)16(20)18-14-5-3-2-4-6-15(14)19/h7-11,14-15,19H,2-6H2,1H3,(H,18,20). The molecule has 2 N–H and O–H groups in total. The SMILES string of the molecule is CC(Oc1ccc(F)cc1)C(=O)NC1CCCCCC1O. The molecule has 5 heteroatoms. The number of rotatable bonds is 4. The second-order valence-electron chi connectivity index (χ2n) is 5.53. The molecule has 0 saturated heterocycles. The molecule has 116 valence electrons. The van der Waals surface area contributed by atoms with Gasteiger partial charge in [-0.2, -0.15) is 0 Å². The van der Waals surface area contributed by atoms with E-state index in [1.54, 1.807) is 6.92 Å². The molecule has 0 aromatic heterocycles. The molecule has 1 fully saturated rings. The van der Waals surface area contributed by atoms with Crippen LogP contribution in [0, 0.1) is 5.82 Å². The van der Waals surface area contributed by atoms with Crippen LogP contribution in [0.2, 0.25) is 0 Å². The monoisotopic (exact) mass is 295 g/mol. The zero-order valence-electron chi connectivity index (χ0n) is 12.2. The summed E-state index contributed by atoms with van der Waals surface area (Å²) in [6, 6.07) is 5.34. The summed E-state index contributed by atoms with van der Waals surface area (Å²) in [6.45, 7) is 1.64. The highest BCUT2D eigenvalue weighted by atomic mass is 19.1. The Balaban J connectivity index is 1.88. The molecule has 1 aliphatic carbocycles. The maximum Gasteiger partial charge on any atom is 0.261 e. The molecule has 1 aliphatic rings. The topological polar surface area (TPSA) is 58.6 Å². The van der Waals surface area contributed by atoms with Gasteiger partial charge in [0.05, 0.1) is 12.1 Å². The molecular formula is C16H22FNO3. The van der Waals surface area contributed by atoms with E-state index in [1.165, 1.54) is 24.3 Å². The normalized spacial score (nSPS) is 24.0. The average molecular weight is 295 g/mol. The maximum absolute atomic E-state index is 12.8. The van der Waals surface area contributed by atoms with Gasteiger partial charge in [0, 0.05) is 0 Å². The van der Waals surface area contributed by atoms with Crippen LogP contribution in [0.3, 0.4) is 0 Å². The van der Waals surface area contributed by atoms with E-state index < -0.39 is 12.2 Å². The molecule has 0 spiro atoms. The molecular weight excluding hydrogens is 273 g/mol. The van der Waals surface area contributed by atoms with Crippen molar-refractivity contribution in [3.8, 4) is 5.75 Å². The van der Waals surface area contributed by atoms with Crippen molar-refractivity contribution in [2.45, 2.75) is 57.3 Å². The minimum Gasteiger partial charge on any atom is -0.481 e. The number of benzene rings is 1. The van der Waals surface area contributed by atoms with E-state index in [-0.39, 0.29) is 17.8 Å². The Morgan fingerprint density at radius 3 is 2.67 bits per heavy atom. The smallest absolute Gasteiger partial charge is 0.261 e. The summed E-state index contributed by atoms with van der Waals surface area (Å²) in [7, 11) is 0. The largest absolute Gasteiger partial charge is 0.481 e. The van der Waals surface area contributed by atoms with Gasteiger partial charge in [-0.1, -0.05) is 19.3 Å². The van der Waals surface area contributed by atoms with Crippen LogP contribution >= 0.6 is 0 Å². The van der Waals surface area contributed by atoms with Crippen LogP contribution in [0.25, 0.3) is 0 Å². The Bertz CT molecular complexity index is 463. The molecule has 1 aromatic rings. The van der Waals surface area contributed by atoms with Crippen molar-refractivity contribution in [3.05, 3.63) is 30.1 Å². The first-order valence-corrected chi connectivity index (χ1v) is 7.47. The third kappa shape index (κ3) is 4.70. The Labute approximate surface area is 124 Å². The van der Waals surface area contributed by atoms with E-state index in [2.05, 4.69) is 5.32 Å². The number of ether oxygens (including phenoxy) is 1. The van der Waals surface area contributed by atoms with Gasteiger partial charge in [0.15, 0.2) is 6.10 Å². The molecule has 4 nitrogen and oxygen atoms in total. The Hall–Kier alpha value is -1.62. The van der Waals surface area contributed by atoms with Crippen molar-refractivity contribution in [2.75, 3.05) is 0 Å². The van der Waals surface area contributed by atoms with E-state index in [9.17, 15) is 14.3 Å². The van der Waals surface area contributed by atoms with E-state index in [0.29, 0.717) is 5.75 Å². The lowest BCUT2D eigenvalue weighted by Crippen LogP contribution is -2.47. The van der Waals surface area contributed by atoms with Crippen molar-refractivity contribution >= 4 is 5.91 Å². The van der Waals surface area contributed by atoms with Crippen LogP contribution in [0.1, 0.15) is 39.0 Å². The van der Waals surface area contributed by atoms with Crippen LogP contribution in [0.4, 0.5) is 4.39 Å². The molecule has 0 bridgehead atoms. The van der Waals surface area contributed by atoms with Crippen LogP contribution in [0.5, 0.6) is 5.75 Å². The molecule has 1 amide bonds. The third-order valence-electron chi connectivity index (χ3n) is 3.80. The molecule has 2 rings (SSSR count). The molecule has 0 heterocycles. The first-order valence-electron chi connectivity index (χ1n) is 7.47. The van der Waals surface area contributed by atoms with Gasteiger partial charge in [0.2, 0.25) is 0 Å². The number of aliphatic hydroxyl groups excluding tert-OH is 1. The second-order valence-corrected chi connectivity index (χ2v) is 5.53. The van der Waals surface area contributed by atoms with Gasteiger partial charge in [0.1, 0.15) is 11.6 Å². The van der Waals surface area contributed by atoms with Crippen LogP contribution in [-0.2, 0) is 4.79 Å². The molecule has 21 heavy (non-hydrogen) atoms. The van der Waals surface area contributed by atoms with E-state index in [0.717, 1.165) is 32.1 Å². The minimum absolute atomic E-state index is 0.209. The van der Waals surface area contributed by atoms with Crippen molar-refractivity contribution in [1.82, 2.24) is 5.32 Å². The fraction of sp³-hybridized carbons (Fsp3) is 0.562. The van der Waals surface area contributed by atoms with Gasteiger partial charge < -0.3 is 15.2 Å². The Kier molecular flexibility index (Phi) is 5.56. The molecule has 1 aromatic carbocycles. The number of hydrogen-bond donors (Lipinski definition) is 2. The van der Waals surface area contributed by atoms with E-state index in [4.69, 9.17) is 4.74 Å². The lowest BCUT2D eigenvalue weighted by atomic mass is 10.1. The fourth-order valence-corrected chi connectivity index (χ4v) is 2.53. The van der Waals surface area contributed by atoms with Gasteiger partial charge in [-0.05, 0) is 44.0 Å². The summed E-state index contributed by atoms with van der Waals surface area (Å²) in [4.78, 5) is 12.1. The number of nitrogens with one attached hydrogen (secondary N) is 1. The quantitative estimate of drug-likeness (QED) is 0.839. The van der Waals surface area contributed by atoms with E-state index in [1.807, 2.05) is 0 Å². The molecule has 0 aliphatic heterocycles. The minimum atomic E-state index is -0.689. The van der Waals surface area contributed by atoms with Gasteiger partial charge in [-0.15, -0.1) is 0 Å². The Morgan fingerprint density at radius 2 is 1.95 bits per heavy atom. The first-order chi connectivity index (χ1) is 10.1. The Morgan fingerprint density at radius 1 is 1.29 bits per heavy atom. The summed E-state index contributed by atoms with van der Waals surface area (Å²) < 4.78 is 18.3. The zero-order valence-corrected chi connectivity index (χ0v) is 12.2. The van der Waals surface area contributed by atoms with Crippen molar-refractivity contribution in [1.29, 1.82) is 0 Å². The van der Waals surface area contributed by atoms with Crippen LogP contribution in [-0.4, -0.2) is 29.3 Å². The summed E-state index contributed by atoms with van der Waals surface area (Å²) in [5.41, 5.74) is 0. The lowest BCUT2D eigenvalue weighted by Gasteiger charge is -2.24.